The number of aliphatic carboxylic acids is 1. The number of amides is 1. The third-order valence-corrected chi connectivity index (χ3v) is 3.25. The van der Waals surface area contributed by atoms with E-state index in [0.717, 1.165) is 11.3 Å². The van der Waals surface area contributed by atoms with Gasteiger partial charge in [0, 0.05) is 0 Å². The van der Waals surface area contributed by atoms with Gasteiger partial charge in [0.2, 0.25) is 5.91 Å². The minimum absolute atomic E-state index is 0.281. The summed E-state index contributed by atoms with van der Waals surface area (Å²) in [6, 6.07) is 2.83. The van der Waals surface area contributed by atoms with Crippen LogP contribution in [0.4, 0.5) is 9.52 Å². The average Bonchev–Trinajstić information content (AvgIpc) is 2.69. The number of nitrogens with zero attached hydrogens (tertiary/aromatic N) is 1. The number of carbonyl (C=O) groups excluding carboxylic acids is 1. The predicted molar refractivity (Wildman–Crippen MR) is 68.4 cm³/mol. The Labute approximate surface area is 111 Å². The number of benzene rings is 1. The van der Waals surface area contributed by atoms with E-state index in [1.807, 2.05) is 0 Å². The fraction of sp³-hybridized carbons (Fsp3) is 0.182. The molecule has 6 nitrogen and oxygen atoms in total. The molecule has 4 N–H and O–H groups in total. The van der Waals surface area contributed by atoms with Crippen LogP contribution in [0.2, 0.25) is 0 Å². The molecule has 1 heterocycles. The summed E-state index contributed by atoms with van der Waals surface area (Å²) in [4.78, 5) is 26.1. The maximum absolute atomic E-state index is 13.0. The lowest BCUT2D eigenvalue weighted by molar-refractivity contribution is -0.140. The fourth-order valence-corrected chi connectivity index (χ4v) is 2.32. The lowest BCUT2D eigenvalue weighted by atomic mass is 10.2. The summed E-state index contributed by atoms with van der Waals surface area (Å²) in [6.45, 7) is 0. The van der Waals surface area contributed by atoms with Crippen LogP contribution in [-0.2, 0) is 9.59 Å². The van der Waals surface area contributed by atoms with Gasteiger partial charge in [-0.25, -0.2) is 9.37 Å². The number of hydrogen-bond acceptors (Lipinski definition) is 5. The lowest BCUT2D eigenvalue weighted by Gasteiger charge is -2.04. The summed E-state index contributed by atoms with van der Waals surface area (Å²) < 4.78 is 13.6. The normalized spacial score (nSPS) is 12.3. The van der Waals surface area contributed by atoms with E-state index in [2.05, 4.69) is 10.3 Å². The number of nitrogens with one attached hydrogen (secondary N) is 1. The van der Waals surface area contributed by atoms with Gasteiger partial charge in [0.05, 0.1) is 16.6 Å². The highest BCUT2D eigenvalue weighted by Gasteiger charge is 2.17. The number of hydrogen-bond donors (Lipinski definition) is 3. The average molecular weight is 283 g/mol. The monoisotopic (exact) mass is 283 g/mol. The summed E-state index contributed by atoms with van der Waals surface area (Å²) in [5.74, 6) is -2.18. The van der Waals surface area contributed by atoms with Crippen molar-refractivity contribution in [2.75, 3.05) is 5.32 Å². The van der Waals surface area contributed by atoms with Crippen molar-refractivity contribution in [3.63, 3.8) is 0 Å². The van der Waals surface area contributed by atoms with E-state index in [-0.39, 0.29) is 17.4 Å². The van der Waals surface area contributed by atoms with Crippen molar-refractivity contribution < 1.29 is 19.1 Å². The molecular formula is C11H10FN3O3S. The Hall–Kier alpha value is -2.06. The number of anilines is 1. The van der Waals surface area contributed by atoms with Crippen LogP contribution in [0.3, 0.4) is 0 Å². The number of nitrogens with two attached hydrogens (primary N) is 1. The van der Waals surface area contributed by atoms with Crippen molar-refractivity contribution in [2.45, 2.75) is 12.5 Å². The number of thiazole rings is 1. The Morgan fingerprint density at radius 1 is 1.53 bits per heavy atom. The largest absolute Gasteiger partial charge is 0.480 e. The Morgan fingerprint density at radius 3 is 2.95 bits per heavy atom. The summed E-state index contributed by atoms with van der Waals surface area (Å²) in [7, 11) is 0. The van der Waals surface area contributed by atoms with Gasteiger partial charge < -0.3 is 16.2 Å². The maximum Gasteiger partial charge on any atom is 0.321 e. The second-order valence-electron chi connectivity index (χ2n) is 3.83. The lowest BCUT2D eigenvalue weighted by Crippen LogP contribution is -2.34. The molecule has 19 heavy (non-hydrogen) atoms. The molecule has 0 aliphatic carbocycles. The molecule has 0 aliphatic rings. The van der Waals surface area contributed by atoms with Gasteiger partial charge in [-0.3, -0.25) is 9.59 Å². The molecule has 0 aliphatic heterocycles. The van der Waals surface area contributed by atoms with E-state index in [1.165, 1.54) is 18.2 Å². The first-order chi connectivity index (χ1) is 8.95. The SMILES string of the molecule is N[C@@H](CC(=O)Nc1nc2ccc(F)cc2s1)C(=O)O. The van der Waals surface area contributed by atoms with Gasteiger partial charge in [0.25, 0.3) is 0 Å². The first kappa shape index (κ1) is 13.4. The molecule has 0 spiro atoms. The molecule has 0 radical (unpaired) electrons. The van der Waals surface area contributed by atoms with E-state index in [1.54, 1.807) is 0 Å². The molecule has 1 aromatic heterocycles. The zero-order chi connectivity index (χ0) is 14.0. The van der Waals surface area contributed by atoms with Crippen LogP contribution in [0, 0.1) is 5.82 Å². The molecule has 0 fully saturated rings. The van der Waals surface area contributed by atoms with E-state index in [4.69, 9.17) is 10.8 Å². The Bertz CT molecular complexity index is 643. The molecule has 1 amide bonds. The van der Waals surface area contributed by atoms with Crippen molar-refractivity contribution in [3.05, 3.63) is 24.0 Å². The minimum atomic E-state index is -1.26. The number of fused-ring (bicyclic) bond motifs is 1. The zero-order valence-corrected chi connectivity index (χ0v) is 10.4. The summed E-state index contributed by atoms with van der Waals surface area (Å²) in [5, 5.41) is 11.3. The topological polar surface area (TPSA) is 105 Å². The van der Waals surface area contributed by atoms with Crippen molar-refractivity contribution in [2.24, 2.45) is 5.73 Å². The molecule has 0 saturated heterocycles. The molecule has 1 atom stereocenters. The van der Waals surface area contributed by atoms with Gasteiger partial charge in [-0.05, 0) is 18.2 Å². The molecule has 100 valence electrons. The van der Waals surface area contributed by atoms with Gasteiger partial charge in [-0.2, -0.15) is 0 Å². The molecule has 0 bridgehead atoms. The number of carboxylic acid groups (broad SMARTS) is 1. The summed E-state index contributed by atoms with van der Waals surface area (Å²) in [6.07, 6.45) is -0.348. The van der Waals surface area contributed by atoms with E-state index in [9.17, 15) is 14.0 Å². The molecule has 1 aromatic carbocycles. The zero-order valence-electron chi connectivity index (χ0n) is 9.59. The van der Waals surface area contributed by atoms with Crippen LogP contribution in [-0.4, -0.2) is 28.0 Å². The van der Waals surface area contributed by atoms with Crippen LogP contribution in [0.15, 0.2) is 18.2 Å². The highest BCUT2D eigenvalue weighted by Crippen LogP contribution is 2.26. The molecule has 8 heteroatoms. The van der Waals surface area contributed by atoms with Crippen molar-refractivity contribution in [1.82, 2.24) is 4.98 Å². The van der Waals surface area contributed by atoms with Crippen molar-refractivity contribution in [1.29, 1.82) is 0 Å². The number of halogens is 1. The molecule has 0 unspecified atom stereocenters. The summed E-state index contributed by atoms with van der Waals surface area (Å²) in [5.41, 5.74) is 5.80. The van der Waals surface area contributed by atoms with E-state index in [0.29, 0.717) is 10.2 Å². The Balaban J connectivity index is 2.09. The second kappa shape index (κ2) is 5.29. The minimum Gasteiger partial charge on any atom is -0.480 e. The van der Waals surface area contributed by atoms with Gasteiger partial charge in [-0.15, -0.1) is 0 Å². The third kappa shape index (κ3) is 3.24. The van der Waals surface area contributed by atoms with Crippen LogP contribution >= 0.6 is 11.3 Å². The van der Waals surface area contributed by atoms with Crippen LogP contribution in [0.25, 0.3) is 10.2 Å². The number of carboxylic acids is 1. The van der Waals surface area contributed by atoms with Crippen LogP contribution in [0.5, 0.6) is 0 Å². The third-order valence-electron chi connectivity index (χ3n) is 2.32. The van der Waals surface area contributed by atoms with Crippen LogP contribution < -0.4 is 11.1 Å². The fourth-order valence-electron chi connectivity index (χ4n) is 1.41. The smallest absolute Gasteiger partial charge is 0.321 e. The van der Waals surface area contributed by atoms with E-state index < -0.39 is 17.9 Å². The number of carbonyl (C=O) groups is 2. The van der Waals surface area contributed by atoms with Gasteiger partial charge >= 0.3 is 5.97 Å². The first-order valence-corrected chi connectivity index (χ1v) is 6.11. The van der Waals surface area contributed by atoms with Gasteiger partial charge in [0.1, 0.15) is 11.9 Å². The maximum atomic E-state index is 13.0. The molecule has 0 saturated carbocycles. The first-order valence-electron chi connectivity index (χ1n) is 5.30. The highest BCUT2D eigenvalue weighted by molar-refractivity contribution is 7.22. The number of rotatable bonds is 4. The van der Waals surface area contributed by atoms with Crippen molar-refractivity contribution in [3.8, 4) is 0 Å². The standard InChI is InChI=1S/C11H10FN3O3S/c12-5-1-2-7-8(3-5)19-11(14-7)15-9(16)4-6(13)10(17)18/h1-3,6H,4,13H2,(H,17,18)(H,14,15,16)/t6-/m0/s1. The summed E-state index contributed by atoms with van der Waals surface area (Å²) >= 11 is 1.10. The van der Waals surface area contributed by atoms with Crippen molar-refractivity contribution >= 4 is 38.6 Å². The molecule has 2 aromatic rings. The van der Waals surface area contributed by atoms with E-state index >= 15 is 0 Å². The highest BCUT2D eigenvalue weighted by atomic mass is 32.1. The Morgan fingerprint density at radius 2 is 2.26 bits per heavy atom. The van der Waals surface area contributed by atoms with Crippen LogP contribution in [0.1, 0.15) is 6.42 Å². The predicted octanol–water partition coefficient (Wildman–Crippen LogP) is 1.18. The Kier molecular flexibility index (Phi) is 3.72. The quantitative estimate of drug-likeness (QED) is 0.781. The number of aromatic nitrogens is 1. The molecular weight excluding hydrogens is 273 g/mol. The van der Waals surface area contributed by atoms with Gasteiger partial charge in [-0.1, -0.05) is 11.3 Å². The second-order valence-corrected chi connectivity index (χ2v) is 4.86. The molecule has 2 rings (SSSR count). The van der Waals surface area contributed by atoms with Gasteiger partial charge in [0.15, 0.2) is 5.13 Å².